The van der Waals surface area contributed by atoms with Crippen LogP contribution in [0.15, 0.2) is 30.3 Å². The van der Waals surface area contributed by atoms with Crippen LogP contribution in [0.2, 0.25) is 5.02 Å². The second kappa shape index (κ2) is 7.92. The third kappa shape index (κ3) is 3.96. The summed E-state index contributed by atoms with van der Waals surface area (Å²) in [5.41, 5.74) is 9.97. The highest BCUT2D eigenvalue weighted by atomic mass is 35.5. The molecule has 4 rings (SSSR count). The lowest BCUT2D eigenvalue weighted by Gasteiger charge is -2.25. The van der Waals surface area contributed by atoms with E-state index in [9.17, 15) is 13.6 Å². The number of hydrogen-bond acceptors (Lipinski definition) is 3. The molecule has 2 atom stereocenters. The van der Waals surface area contributed by atoms with Gasteiger partial charge >= 0.3 is 0 Å². The number of likely N-dealkylation sites (N-methyl/N-ethyl adjacent to an activating group) is 1. The molecule has 2 aliphatic rings. The van der Waals surface area contributed by atoms with Gasteiger partial charge in [0.1, 0.15) is 0 Å². The number of nitrogens with two attached hydrogens (primary N) is 1. The van der Waals surface area contributed by atoms with Crippen LogP contribution in [0.3, 0.4) is 0 Å². The number of carbonyl (C=O) groups excluding carboxylic acids is 1. The fourth-order valence-electron chi connectivity index (χ4n) is 4.46. The van der Waals surface area contributed by atoms with Gasteiger partial charge in [0.2, 0.25) is 5.91 Å². The summed E-state index contributed by atoms with van der Waals surface area (Å²) in [5, 5.41) is 0.668. The monoisotopic (exact) mass is 419 g/mol. The first-order chi connectivity index (χ1) is 13.8. The van der Waals surface area contributed by atoms with Crippen LogP contribution in [0.25, 0.3) is 0 Å². The van der Waals surface area contributed by atoms with E-state index in [-0.39, 0.29) is 18.2 Å². The Hall–Kier alpha value is -2.18. The molecule has 2 aromatic rings. The van der Waals surface area contributed by atoms with Crippen LogP contribution in [0.4, 0.5) is 14.5 Å². The number of fused-ring (bicyclic) bond motifs is 2. The van der Waals surface area contributed by atoms with Crippen LogP contribution in [-0.2, 0) is 17.8 Å². The number of hydrogen-bond donors (Lipinski definition) is 1. The Balaban J connectivity index is 1.48. The molecule has 2 aromatic carbocycles. The Kier molecular flexibility index (Phi) is 5.49. The molecule has 0 radical (unpaired) electrons. The summed E-state index contributed by atoms with van der Waals surface area (Å²) < 4.78 is 27.2. The second-order valence-electron chi connectivity index (χ2n) is 7.99. The molecule has 0 fully saturated rings. The van der Waals surface area contributed by atoms with Crippen LogP contribution in [-0.4, -0.2) is 37.0 Å². The minimum atomic E-state index is -0.861. The average Bonchev–Trinajstić information content (AvgIpc) is 3.00. The molecule has 1 aliphatic heterocycles. The molecular formula is C22H24ClF2N3O. The standard InChI is InChI=1S/C22H24ClF2N3O/c1-27-6-7-28(12-14-2-4-15(23)9-21(14)27)22(29)11-20(26)16-5-3-13-8-18(24)19(25)10-17(13)16/h2,4,8-10,16,20H,3,5-7,11-12,26H2,1H3. The second-order valence-corrected chi connectivity index (χ2v) is 8.42. The first-order valence-electron chi connectivity index (χ1n) is 9.84. The number of carbonyl (C=O) groups is 1. The van der Waals surface area contributed by atoms with Gasteiger partial charge in [0.05, 0.1) is 0 Å². The van der Waals surface area contributed by atoms with Gasteiger partial charge < -0.3 is 15.5 Å². The van der Waals surface area contributed by atoms with Crippen LogP contribution in [0.5, 0.6) is 0 Å². The molecule has 4 nitrogen and oxygen atoms in total. The molecule has 1 amide bonds. The molecule has 0 saturated carbocycles. The first kappa shape index (κ1) is 20.1. The zero-order chi connectivity index (χ0) is 20.7. The number of rotatable bonds is 3. The molecule has 7 heteroatoms. The van der Waals surface area contributed by atoms with Gasteiger partial charge in [-0.15, -0.1) is 0 Å². The number of benzene rings is 2. The van der Waals surface area contributed by atoms with Crippen molar-refractivity contribution in [2.24, 2.45) is 5.73 Å². The van der Waals surface area contributed by atoms with E-state index in [0.29, 0.717) is 37.5 Å². The van der Waals surface area contributed by atoms with Crippen LogP contribution in [0, 0.1) is 11.6 Å². The maximum atomic E-state index is 13.7. The number of halogens is 3. The zero-order valence-electron chi connectivity index (χ0n) is 16.3. The summed E-state index contributed by atoms with van der Waals surface area (Å²) in [6.45, 7) is 1.80. The van der Waals surface area contributed by atoms with E-state index < -0.39 is 17.7 Å². The van der Waals surface area contributed by atoms with Crippen molar-refractivity contribution in [2.75, 3.05) is 25.0 Å². The SMILES string of the molecule is CN1CCN(C(=O)CC(N)C2CCc3cc(F)c(F)cc32)Cc2ccc(Cl)cc21. The summed E-state index contributed by atoms with van der Waals surface area (Å²) in [4.78, 5) is 16.9. The molecule has 1 heterocycles. The minimum Gasteiger partial charge on any atom is -0.373 e. The molecular weight excluding hydrogens is 396 g/mol. The highest BCUT2D eigenvalue weighted by molar-refractivity contribution is 6.30. The summed E-state index contributed by atoms with van der Waals surface area (Å²) in [6.07, 6.45) is 1.54. The fourth-order valence-corrected chi connectivity index (χ4v) is 4.63. The Morgan fingerprint density at radius 1 is 1.21 bits per heavy atom. The van der Waals surface area contributed by atoms with Gasteiger partial charge in [-0.3, -0.25) is 4.79 Å². The fraction of sp³-hybridized carbons (Fsp3) is 0.409. The van der Waals surface area contributed by atoms with Gasteiger partial charge in [-0.1, -0.05) is 17.7 Å². The van der Waals surface area contributed by atoms with Gasteiger partial charge in [-0.25, -0.2) is 8.78 Å². The molecule has 1 aliphatic carbocycles. The van der Waals surface area contributed by atoms with Gasteiger partial charge in [-0.2, -0.15) is 0 Å². The van der Waals surface area contributed by atoms with Crippen molar-refractivity contribution < 1.29 is 13.6 Å². The number of nitrogens with zero attached hydrogens (tertiary/aromatic N) is 2. The summed E-state index contributed by atoms with van der Waals surface area (Å²) in [6, 6.07) is 7.76. The van der Waals surface area contributed by atoms with E-state index in [1.165, 1.54) is 12.1 Å². The number of anilines is 1. The molecule has 0 aromatic heterocycles. The van der Waals surface area contributed by atoms with Crippen molar-refractivity contribution in [3.63, 3.8) is 0 Å². The molecule has 2 N–H and O–H groups in total. The van der Waals surface area contributed by atoms with Crippen LogP contribution in [0.1, 0.15) is 35.4 Å². The Labute approximate surface area is 174 Å². The molecule has 0 bridgehead atoms. The van der Waals surface area contributed by atoms with Crippen molar-refractivity contribution in [1.82, 2.24) is 4.90 Å². The van der Waals surface area contributed by atoms with Crippen molar-refractivity contribution >= 4 is 23.2 Å². The predicted octanol–water partition coefficient (Wildman–Crippen LogP) is 3.84. The smallest absolute Gasteiger partial charge is 0.224 e. The van der Waals surface area contributed by atoms with Gasteiger partial charge in [-0.05, 0) is 53.8 Å². The minimum absolute atomic E-state index is 0.0234. The van der Waals surface area contributed by atoms with Gasteiger partial charge in [0.25, 0.3) is 0 Å². The predicted molar refractivity (Wildman–Crippen MR) is 110 cm³/mol. The Morgan fingerprint density at radius 3 is 2.76 bits per heavy atom. The normalized spacial score (nSPS) is 19.6. The third-order valence-corrected chi connectivity index (χ3v) is 6.35. The van der Waals surface area contributed by atoms with E-state index in [1.807, 2.05) is 30.1 Å². The third-order valence-electron chi connectivity index (χ3n) is 6.11. The molecule has 2 unspecified atom stereocenters. The van der Waals surface area contributed by atoms with E-state index in [4.69, 9.17) is 17.3 Å². The Morgan fingerprint density at radius 2 is 1.97 bits per heavy atom. The molecule has 29 heavy (non-hydrogen) atoms. The Bertz CT molecular complexity index is 952. The molecule has 0 saturated heterocycles. The van der Waals surface area contributed by atoms with Crippen molar-refractivity contribution in [3.05, 3.63) is 63.7 Å². The summed E-state index contributed by atoms with van der Waals surface area (Å²) in [5.74, 6) is -1.85. The molecule has 154 valence electrons. The maximum Gasteiger partial charge on any atom is 0.224 e. The maximum absolute atomic E-state index is 13.7. The number of aryl methyl sites for hydroxylation is 1. The lowest BCUT2D eigenvalue weighted by molar-refractivity contribution is -0.132. The van der Waals surface area contributed by atoms with E-state index in [0.717, 1.165) is 22.4 Å². The molecule has 0 spiro atoms. The highest BCUT2D eigenvalue weighted by Gasteiger charge is 2.32. The van der Waals surface area contributed by atoms with Crippen LogP contribution < -0.4 is 10.6 Å². The summed E-state index contributed by atoms with van der Waals surface area (Å²) in [7, 11) is 1.98. The lowest BCUT2D eigenvalue weighted by atomic mass is 9.91. The number of amides is 1. The van der Waals surface area contributed by atoms with Crippen molar-refractivity contribution in [2.45, 2.75) is 37.8 Å². The van der Waals surface area contributed by atoms with Crippen molar-refractivity contribution in [3.8, 4) is 0 Å². The van der Waals surface area contributed by atoms with E-state index >= 15 is 0 Å². The topological polar surface area (TPSA) is 49.6 Å². The zero-order valence-corrected chi connectivity index (χ0v) is 17.1. The quantitative estimate of drug-likeness (QED) is 0.822. The largest absolute Gasteiger partial charge is 0.373 e. The van der Waals surface area contributed by atoms with E-state index in [1.54, 1.807) is 0 Å². The van der Waals surface area contributed by atoms with Gasteiger partial charge in [0, 0.05) is 55.8 Å². The lowest BCUT2D eigenvalue weighted by Crippen LogP contribution is -2.39. The summed E-state index contributed by atoms with van der Waals surface area (Å²) >= 11 is 6.12. The highest BCUT2D eigenvalue weighted by Crippen LogP contribution is 2.37. The van der Waals surface area contributed by atoms with E-state index in [2.05, 4.69) is 4.90 Å². The first-order valence-corrected chi connectivity index (χ1v) is 10.2. The van der Waals surface area contributed by atoms with Crippen molar-refractivity contribution in [1.29, 1.82) is 0 Å². The van der Waals surface area contributed by atoms with Crippen LogP contribution >= 0.6 is 11.6 Å². The average molecular weight is 420 g/mol. The van der Waals surface area contributed by atoms with Gasteiger partial charge in [0.15, 0.2) is 11.6 Å².